The van der Waals surface area contributed by atoms with Crippen LogP contribution in [0, 0.1) is 25.1 Å². The van der Waals surface area contributed by atoms with Crippen LogP contribution in [0.4, 0.5) is 4.39 Å². The van der Waals surface area contributed by atoms with Crippen molar-refractivity contribution in [1.29, 1.82) is 0 Å². The van der Waals surface area contributed by atoms with Gasteiger partial charge in [0, 0.05) is 13.7 Å². The summed E-state index contributed by atoms with van der Waals surface area (Å²) in [5, 5.41) is 7.97. The first-order valence-corrected chi connectivity index (χ1v) is 11.2. The molecule has 10 heteroatoms. The number of nitrogens with two attached hydrogens (primary N) is 1. The van der Waals surface area contributed by atoms with Crippen LogP contribution in [0.25, 0.3) is 10.9 Å². The van der Waals surface area contributed by atoms with Crippen molar-refractivity contribution >= 4 is 16.9 Å². The van der Waals surface area contributed by atoms with Gasteiger partial charge in [-0.1, -0.05) is 24.6 Å². The summed E-state index contributed by atoms with van der Waals surface area (Å²) in [5.74, 6) is 1.16. The number of nitrogens with zero attached hydrogens (tertiary/aromatic N) is 1. The van der Waals surface area contributed by atoms with Crippen molar-refractivity contribution in [3.05, 3.63) is 42.7 Å². The molecule has 1 aliphatic carbocycles. The van der Waals surface area contributed by atoms with E-state index < -0.39 is 11.8 Å². The van der Waals surface area contributed by atoms with Gasteiger partial charge in [0.2, 0.25) is 0 Å². The molecule has 4 N–H and O–H groups in total. The minimum Gasteiger partial charge on any atom is -0.649 e. The second-order valence-electron chi connectivity index (χ2n) is 9.03. The maximum Gasteiger partial charge on any atom is 1.00 e. The first-order chi connectivity index (χ1) is 15.1. The number of fused-ring (bicyclic) bond motifs is 1. The Kier molecular flexibility index (Phi) is 21.6. The Labute approximate surface area is 327 Å². The second kappa shape index (κ2) is 19.2. The van der Waals surface area contributed by atoms with Gasteiger partial charge < -0.3 is 32.8 Å². The average molecular weight is 731 g/mol. The zero-order valence-corrected chi connectivity index (χ0v) is 35.3. The van der Waals surface area contributed by atoms with Crippen LogP contribution in [-0.2, 0) is 9.47 Å². The Morgan fingerprint density at radius 3 is 2.40 bits per heavy atom. The van der Waals surface area contributed by atoms with Crippen LogP contribution < -0.4 is 154 Å². The van der Waals surface area contributed by atoms with Crippen LogP contribution in [0.1, 0.15) is 68.9 Å². The normalized spacial score (nSPS) is 21.4. The predicted octanol–water partition coefficient (Wildman–Crippen LogP) is -1.56. The van der Waals surface area contributed by atoms with E-state index in [1.165, 1.54) is 19.5 Å². The number of benzene rings is 1. The summed E-state index contributed by atoms with van der Waals surface area (Å²) in [6.45, 7) is 9.93. The number of esters is 1. The maximum absolute atomic E-state index is 14.4. The van der Waals surface area contributed by atoms with Gasteiger partial charge >= 0.3 is 144 Å². The van der Waals surface area contributed by atoms with E-state index in [4.69, 9.17) is 20.4 Å². The van der Waals surface area contributed by atoms with Crippen molar-refractivity contribution in [2.24, 2.45) is 17.6 Å². The minimum absolute atomic E-state index is 0. The number of nitrogens with one attached hydrogen (secondary N) is 1. The predicted molar refractivity (Wildman–Crippen MR) is 129 cm³/mol. The molecular weight excluding hydrogens is 691 g/mol. The Morgan fingerprint density at radius 2 is 1.94 bits per heavy atom. The number of hydrogen-bond acceptors (Lipinski definition) is 6. The molecule has 0 bridgehead atoms. The number of hydroxylamine groups is 1. The quantitative estimate of drug-likeness (QED) is 0.199. The molecule has 0 amide bonds. The number of hydrogen-bond donors (Lipinski definition) is 3. The van der Waals surface area contributed by atoms with E-state index >= 15 is 0 Å². The summed E-state index contributed by atoms with van der Waals surface area (Å²) in [5.41, 5.74) is 8.20. The van der Waals surface area contributed by atoms with Crippen molar-refractivity contribution in [1.82, 2.24) is 10.5 Å². The van der Waals surface area contributed by atoms with E-state index in [2.05, 4.69) is 25.8 Å². The molecule has 188 valence electrons. The Hall–Kier alpha value is 2.10. The average Bonchev–Trinajstić information content (AvgIpc) is 3.28. The molecule has 2 aliphatic rings. The van der Waals surface area contributed by atoms with Crippen LogP contribution >= 0.6 is 0 Å². The summed E-state index contributed by atoms with van der Waals surface area (Å²) < 4.78 is 25.1. The van der Waals surface area contributed by atoms with Gasteiger partial charge in [0.25, 0.3) is 0 Å². The third-order valence-electron chi connectivity index (χ3n) is 5.87. The van der Waals surface area contributed by atoms with Crippen molar-refractivity contribution in [3.63, 3.8) is 0 Å². The first kappa shape index (κ1) is 39.2. The van der Waals surface area contributed by atoms with Crippen LogP contribution in [0.3, 0.4) is 0 Å². The van der Waals surface area contributed by atoms with Crippen molar-refractivity contribution in [3.8, 4) is 0 Å². The molecule has 1 aromatic carbocycles. The fourth-order valence-electron chi connectivity index (χ4n) is 3.96. The van der Waals surface area contributed by atoms with Crippen molar-refractivity contribution < 1.29 is 162 Å². The van der Waals surface area contributed by atoms with Gasteiger partial charge in [0.05, 0.1) is 12.2 Å². The molecule has 2 aromatic rings. The van der Waals surface area contributed by atoms with Crippen molar-refractivity contribution in [2.45, 2.75) is 58.5 Å². The van der Waals surface area contributed by atoms with E-state index in [1.54, 1.807) is 18.5 Å². The standard InChI is InChI=1S/C18H22FNO3.C5H11N.CH5NO.CH3.2Cs/c1-4-22-17(21)15-9-13-7-12(8-14(19)16(13)20-15)11-5-6-23-18(2,3)10-11;1-4-2-5(4)3-6;1-2-3;;;/h7-9,11H,4-6,10H2,1-3H3,(H,20,21);4-5H,2-3,6H2,1H3;2-3H,1H3;1H3;;/q;;;-1;2*+1/p-1. The van der Waals surface area contributed by atoms with Gasteiger partial charge in [0.1, 0.15) is 5.82 Å². The van der Waals surface area contributed by atoms with Crippen LogP contribution in [-0.4, -0.2) is 43.6 Å². The van der Waals surface area contributed by atoms with Gasteiger partial charge in [-0.05, 0) is 87.0 Å². The van der Waals surface area contributed by atoms with E-state index in [-0.39, 0.29) is 175 Å². The molecule has 3 unspecified atom stereocenters. The molecular formula is C25H40Cs2FN3O4. The largest absolute Gasteiger partial charge is 1.00 e. The monoisotopic (exact) mass is 731 g/mol. The fraction of sp³-hybridized carbons (Fsp3) is 0.600. The fourth-order valence-corrected chi connectivity index (χ4v) is 3.96. The van der Waals surface area contributed by atoms with Gasteiger partial charge in [-0.15, -0.1) is 0 Å². The smallest absolute Gasteiger partial charge is 0.649 e. The van der Waals surface area contributed by atoms with E-state index in [0.717, 1.165) is 36.8 Å². The molecule has 1 saturated carbocycles. The van der Waals surface area contributed by atoms with Crippen LogP contribution in [0.15, 0.2) is 18.2 Å². The third-order valence-corrected chi connectivity index (χ3v) is 5.87. The van der Waals surface area contributed by atoms with E-state index in [0.29, 0.717) is 12.0 Å². The topological polar surface area (TPSA) is 108 Å². The number of carbonyl (C=O) groups is 1. The van der Waals surface area contributed by atoms with Gasteiger partial charge in [-0.25, -0.2) is 14.7 Å². The summed E-state index contributed by atoms with van der Waals surface area (Å²) in [6, 6.07) is 5.07. The Bertz CT molecular complexity index is 893. The van der Waals surface area contributed by atoms with Gasteiger partial charge in [-0.3, -0.25) is 0 Å². The Morgan fingerprint density at radius 1 is 1.34 bits per heavy atom. The summed E-state index contributed by atoms with van der Waals surface area (Å²) >= 11 is 0. The second-order valence-corrected chi connectivity index (χ2v) is 9.03. The van der Waals surface area contributed by atoms with Gasteiger partial charge in [-0.2, -0.15) is 0 Å². The molecule has 1 aromatic heterocycles. The number of halogens is 1. The van der Waals surface area contributed by atoms with Crippen molar-refractivity contribution in [2.75, 3.05) is 26.8 Å². The summed E-state index contributed by atoms with van der Waals surface area (Å²) in [7, 11) is 1.43. The van der Waals surface area contributed by atoms with Gasteiger partial charge in [0.15, 0.2) is 0 Å². The summed E-state index contributed by atoms with van der Waals surface area (Å²) in [4.78, 5) is 15.8. The summed E-state index contributed by atoms with van der Waals surface area (Å²) in [6.07, 6.45) is 3.08. The van der Waals surface area contributed by atoms with Crippen LogP contribution in [0.5, 0.6) is 0 Å². The molecule has 1 aliphatic heterocycles. The number of aromatic nitrogens is 1. The third kappa shape index (κ3) is 12.9. The molecule has 7 nitrogen and oxygen atoms in total. The van der Waals surface area contributed by atoms with E-state index in [9.17, 15) is 9.18 Å². The molecule has 35 heavy (non-hydrogen) atoms. The zero-order valence-electron chi connectivity index (χ0n) is 22.8. The maximum atomic E-state index is 14.4. The molecule has 4 rings (SSSR count). The number of ether oxygens (including phenoxy) is 2. The Balaban J connectivity index is 0. The molecule has 0 radical (unpaired) electrons. The molecule has 2 fully saturated rings. The molecule has 2 heterocycles. The molecule has 0 spiro atoms. The molecule has 3 atom stereocenters. The zero-order chi connectivity index (χ0) is 23.9. The first-order valence-electron chi connectivity index (χ1n) is 11.2. The minimum atomic E-state index is -0.517. The van der Waals surface area contributed by atoms with E-state index in [1.807, 2.05) is 6.07 Å². The SMILES string of the molecule is CC1CC1CN.CCOC(=O)c1cc2cc(C3CCOC(C)(C)C3)cc(F)c2[n-]1.CNO.[CH3-].[Cs+].[Cs+]. The number of rotatable bonds is 4. The molecule has 1 saturated heterocycles. The number of carbonyl (C=O) groups excluding carboxylic acids is 1. The van der Waals surface area contributed by atoms with Crippen LogP contribution in [0.2, 0.25) is 0 Å².